The number of ether oxygens (including phenoxy) is 2. The molecule has 4 heterocycles. The van der Waals surface area contributed by atoms with Crippen molar-refractivity contribution in [3.05, 3.63) is 11.2 Å². The van der Waals surface area contributed by atoms with Gasteiger partial charge in [0.05, 0.1) is 13.2 Å². The van der Waals surface area contributed by atoms with Gasteiger partial charge in [0, 0.05) is 37.7 Å². The molecular weight excluding hydrogens is 372 g/mol. The van der Waals surface area contributed by atoms with Crippen molar-refractivity contribution in [1.29, 1.82) is 0 Å². The molecule has 3 fully saturated rings. The molecule has 148 valence electrons. The summed E-state index contributed by atoms with van der Waals surface area (Å²) >= 11 is 6.20. The van der Waals surface area contributed by atoms with E-state index in [2.05, 4.69) is 9.97 Å². The Hall–Kier alpha value is -1.80. The molecule has 9 heteroatoms. The molecule has 3 aliphatic heterocycles. The van der Waals surface area contributed by atoms with Crippen LogP contribution in [0.1, 0.15) is 38.5 Å². The summed E-state index contributed by atoms with van der Waals surface area (Å²) in [4.78, 5) is 24.2. The zero-order valence-corrected chi connectivity index (χ0v) is 16.1. The number of rotatable bonds is 4. The molecule has 1 unspecified atom stereocenters. The van der Waals surface area contributed by atoms with Crippen molar-refractivity contribution in [3.63, 3.8) is 0 Å². The first-order valence-corrected chi connectivity index (χ1v) is 9.92. The number of carbonyl (C=O) groups is 1. The van der Waals surface area contributed by atoms with Crippen LogP contribution in [0, 0.1) is 0 Å². The molecule has 0 spiro atoms. The second-order valence-corrected chi connectivity index (χ2v) is 7.98. The average Bonchev–Trinajstić information content (AvgIpc) is 3.12. The van der Waals surface area contributed by atoms with E-state index in [9.17, 15) is 9.90 Å². The summed E-state index contributed by atoms with van der Waals surface area (Å²) in [5.41, 5.74) is 0. The van der Waals surface area contributed by atoms with Crippen LogP contribution >= 0.6 is 11.6 Å². The summed E-state index contributed by atoms with van der Waals surface area (Å²) in [5.74, 6) is 0.971. The minimum atomic E-state index is -0.806. The van der Waals surface area contributed by atoms with Gasteiger partial charge in [-0.25, -0.2) is 9.78 Å². The van der Waals surface area contributed by atoms with Crippen molar-refractivity contribution in [2.24, 2.45) is 0 Å². The van der Waals surface area contributed by atoms with Crippen LogP contribution in [0.2, 0.25) is 5.15 Å². The van der Waals surface area contributed by atoms with Crippen LogP contribution in [0.4, 0.5) is 10.7 Å². The molecule has 1 N–H and O–H groups in total. The molecule has 0 aromatic carbocycles. The van der Waals surface area contributed by atoms with Gasteiger partial charge in [0.1, 0.15) is 11.3 Å². The topological polar surface area (TPSA) is 88.0 Å². The molecule has 27 heavy (non-hydrogen) atoms. The summed E-state index contributed by atoms with van der Waals surface area (Å²) in [5, 5.41) is 9.87. The van der Waals surface area contributed by atoms with E-state index in [-0.39, 0.29) is 24.2 Å². The zero-order valence-electron chi connectivity index (χ0n) is 15.4. The maximum atomic E-state index is 11.6. The fourth-order valence-corrected chi connectivity index (χ4v) is 4.69. The fraction of sp³-hybridized carbons (Fsp3) is 0.722. The number of fused-ring (bicyclic) bond motifs is 2. The van der Waals surface area contributed by atoms with E-state index in [0.717, 1.165) is 38.5 Å². The fourth-order valence-electron chi connectivity index (χ4n) is 4.52. The third kappa shape index (κ3) is 3.91. The van der Waals surface area contributed by atoms with Gasteiger partial charge in [0.2, 0.25) is 11.8 Å². The summed E-state index contributed by atoms with van der Waals surface area (Å²) in [6.45, 7) is 1.25. The quantitative estimate of drug-likeness (QED) is 0.783. The van der Waals surface area contributed by atoms with Crippen LogP contribution in [0.3, 0.4) is 0 Å². The van der Waals surface area contributed by atoms with E-state index in [4.69, 9.17) is 21.1 Å². The molecule has 4 rings (SSSR count). The highest BCUT2D eigenvalue weighted by molar-refractivity contribution is 6.29. The number of halogens is 1. The van der Waals surface area contributed by atoms with Gasteiger partial charge < -0.3 is 24.4 Å². The molecule has 4 atom stereocenters. The molecule has 1 aromatic heterocycles. The number of nitrogens with zero attached hydrogens (tertiary/aromatic N) is 4. The molecule has 1 amide bonds. The molecule has 8 nitrogen and oxygen atoms in total. The Kier molecular flexibility index (Phi) is 5.27. The Balaban J connectivity index is 1.50. The second-order valence-electron chi connectivity index (χ2n) is 7.60. The van der Waals surface area contributed by atoms with Gasteiger partial charge in [-0.05, 0) is 32.1 Å². The molecule has 3 saturated heterocycles. The van der Waals surface area contributed by atoms with E-state index < -0.39 is 6.09 Å². The molecule has 3 aliphatic rings. The van der Waals surface area contributed by atoms with Crippen molar-refractivity contribution in [2.45, 2.75) is 62.8 Å². The van der Waals surface area contributed by atoms with Gasteiger partial charge in [-0.15, -0.1) is 0 Å². The first-order chi connectivity index (χ1) is 13.0. The number of amides is 1. The number of hydrogen-bond acceptors (Lipinski definition) is 6. The smallest absolute Gasteiger partial charge is 0.407 e. The van der Waals surface area contributed by atoms with Crippen molar-refractivity contribution in [2.75, 3.05) is 25.2 Å². The van der Waals surface area contributed by atoms with Gasteiger partial charge in [0.15, 0.2) is 0 Å². The summed E-state index contributed by atoms with van der Waals surface area (Å²) < 4.78 is 11.2. The van der Waals surface area contributed by atoms with E-state index in [1.165, 1.54) is 0 Å². The monoisotopic (exact) mass is 396 g/mol. The highest BCUT2D eigenvalue weighted by Crippen LogP contribution is 2.36. The van der Waals surface area contributed by atoms with Crippen molar-refractivity contribution in [3.8, 4) is 5.88 Å². The highest BCUT2D eigenvalue weighted by Gasteiger charge is 2.42. The lowest BCUT2D eigenvalue weighted by Crippen LogP contribution is -2.58. The van der Waals surface area contributed by atoms with Crippen molar-refractivity contribution in [1.82, 2.24) is 14.9 Å². The average molecular weight is 397 g/mol. The highest BCUT2D eigenvalue weighted by atomic mass is 35.5. The third-order valence-corrected chi connectivity index (χ3v) is 6.06. The summed E-state index contributed by atoms with van der Waals surface area (Å²) in [7, 11) is 1.95. The van der Waals surface area contributed by atoms with Crippen molar-refractivity contribution < 1.29 is 19.4 Å². The van der Waals surface area contributed by atoms with E-state index in [0.29, 0.717) is 30.2 Å². The standard InChI is InChI=1S/C18H25ClN4O4/c1-22(13-7-11-3-2-4-12(8-13)23(11)18(24)25)17-20-15(19)9-16(21-17)27-14-5-6-26-10-14/h9,11-14H,2-8,10H2,1H3,(H,24,25)/t11-,12+,13+,14?. The molecule has 1 aromatic rings. The van der Waals surface area contributed by atoms with Crippen LogP contribution in [0.15, 0.2) is 6.07 Å². The van der Waals surface area contributed by atoms with Gasteiger partial charge in [0.25, 0.3) is 0 Å². The Morgan fingerprint density at radius 1 is 1.33 bits per heavy atom. The normalized spacial score (nSPS) is 30.2. The lowest BCUT2D eigenvalue weighted by Gasteiger charge is -2.49. The van der Waals surface area contributed by atoms with E-state index in [1.807, 2.05) is 11.9 Å². The molecule has 2 bridgehead atoms. The number of hydrogen-bond donors (Lipinski definition) is 1. The number of aromatic nitrogens is 2. The zero-order chi connectivity index (χ0) is 19.0. The lowest BCUT2D eigenvalue weighted by atomic mass is 9.81. The van der Waals surface area contributed by atoms with E-state index in [1.54, 1.807) is 11.0 Å². The summed E-state index contributed by atoms with van der Waals surface area (Å²) in [6.07, 6.45) is 4.50. The first kappa shape index (κ1) is 18.6. The number of carboxylic acid groups (broad SMARTS) is 1. The number of anilines is 1. The van der Waals surface area contributed by atoms with Crippen LogP contribution in [-0.4, -0.2) is 70.6 Å². The Morgan fingerprint density at radius 3 is 2.70 bits per heavy atom. The molecule has 0 saturated carbocycles. The van der Waals surface area contributed by atoms with Crippen molar-refractivity contribution >= 4 is 23.6 Å². The van der Waals surface area contributed by atoms with Crippen LogP contribution in [0.25, 0.3) is 0 Å². The second kappa shape index (κ2) is 7.67. The molecule has 0 aliphatic carbocycles. The minimum absolute atomic E-state index is 0.00714. The van der Waals surface area contributed by atoms with Gasteiger partial charge >= 0.3 is 6.09 Å². The van der Waals surface area contributed by atoms with Gasteiger partial charge in [-0.2, -0.15) is 4.98 Å². The van der Waals surface area contributed by atoms with Gasteiger partial charge in [-0.3, -0.25) is 0 Å². The van der Waals surface area contributed by atoms with E-state index >= 15 is 0 Å². The molecule has 0 radical (unpaired) electrons. The minimum Gasteiger partial charge on any atom is -0.472 e. The lowest BCUT2D eigenvalue weighted by molar-refractivity contribution is 0.0351. The summed E-state index contributed by atoms with van der Waals surface area (Å²) in [6, 6.07) is 1.93. The largest absolute Gasteiger partial charge is 0.472 e. The SMILES string of the molecule is CN(c1nc(Cl)cc(OC2CCOC2)n1)[C@H]1C[C@H]2CCC[C@@H](C1)N2C(=O)O. The Morgan fingerprint density at radius 2 is 2.07 bits per heavy atom. The molecular formula is C18H25ClN4O4. The first-order valence-electron chi connectivity index (χ1n) is 9.54. The van der Waals surface area contributed by atoms with Gasteiger partial charge in [-0.1, -0.05) is 11.6 Å². The number of piperidine rings is 2. The van der Waals surface area contributed by atoms with Crippen LogP contribution in [0.5, 0.6) is 5.88 Å². The third-order valence-electron chi connectivity index (χ3n) is 5.87. The Bertz CT molecular complexity index is 686. The predicted octanol–water partition coefficient (Wildman–Crippen LogP) is 2.80. The Labute approximate surface area is 163 Å². The maximum absolute atomic E-state index is 11.6. The van der Waals surface area contributed by atoms with Crippen LogP contribution < -0.4 is 9.64 Å². The predicted molar refractivity (Wildman–Crippen MR) is 99.6 cm³/mol. The maximum Gasteiger partial charge on any atom is 0.407 e. The van der Waals surface area contributed by atoms with Crippen LogP contribution in [-0.2, 0) is 4.74 Å².